The van der Waals surface area contributed by atoms with Gasteiger partial charge in [0.25, 0.3) is 0 Å². The largest absolute Gasteiger partial charge is 0.481 e. The van der Waals surface area contributed by atoms with Gasteiger partial charge in [-0.1, -0.05) is 49.4 Å². The molecule has 4 aromatic rings. The summed E-state index contributed by atoms with van der Waals surface area (Å²) in [6, 6.07) is 19.0. The molecule has 5 rings (SSSR count). The maximum Gasteiger partial charge on any atom is 0.307 e. The third-order valence-corrected chi connectivity index (χ3v) is 5.67. The van der Waals surface area contributed by atoms with Gasteiger partial charge in [-0.3, -0.25) is 9.79 Å². The maximum atomic E-state index is 14.7. The van der Waals surface area contributed by atoms with Gasteiger partial charge >= 0.3 is 5.97 Å². The molecule has 0 aliphatic carbocycles. The van der Waals surface area contributed by atoms with Gasteiger partial charge in [-0.05, 0) is 42.0 Å². The van der Waals surface area contributed by atoms with Crippen molar-refractivity contribution < 1.29 is 14.3 Å². The summed E-state index contributed by atoms with van der Waals surface area (Å²) in [6.45, 7) is 0.277. The van der Waals surface area contributed by atoms with Crippen LogP contribution in [-0.2, 0) is 17.8 Å². The SMILES string of the molecule is C.O=C(O)Cc1cccc(Nc2ncc3c(n2)-c2ccc(Cl)cc2C(c2ccccc2F)=NC3)c1. The minimum Gasteiger partial charge on any atom is -0.481 e. The molecule has 1 aromatic heterocycles. The van der Waals surface area contributed by atoms with Crippen molar-refractivity contribution in [2.24, 2.45) is 4.99 Å². The molecule has 35 heavy (non-hydrogen) atoms. The topological polar surface area (TPSA) is 87.5 Å². The highest BCUT2D eigenvalue weighted by Gasteiger charge is 2.23. The molecule has 6 nitrogen and oxygen atoms in total. The first kappa shape index (κ1) is 24.0. The van der Waals surface area contributed by atoms with Gasteiger partial charge in [0.15, 0.2) is 0 Å². The molecule has 2 heterocycles. The molecule has 0 bridgehead atoms. The van der Waals surface area contributed by atoms with Crippen molar-refractivity contribution in [1.29, 1.82) is 0 Å². The molecule has 0 spiro atoms. The number of aromatic nitrogens is 2. The van der Waals surface area contributed by atoms with Crippen molar-refractivity contribution in [2.45, 2.75) is 20.4 Å². The first-order chi connectivity index (χ1) is 16.5. The molecule has 176 valence electrons. The van der Waals surface area contributed by atoms with Gasteiger partial charge in [-0.25, -0.2) is 14.4 Å². The van der Waals surface area contributed by atoms with Gasteiger partial charge in [0.1, 0.15) is 5.82 Å². The molecule has 0 saturated heterocycles. The van der Waals surface area contributed by atoms with E-state index in [0.29, 0.717) is 44.8 Å². The number of rotatable bonds is 5. The zero-order valence-corrected chi connectivity index (χ0v) is 18.6. The smallest absolute Gasteiger partial charge is 0.307 e. The zero-order chi connectivity index (χ0) is 23.7. The van der Waals surface area contributed by atoms with Crippen LogP contribution in [0.3, 0.4) is 0 Å². The molecule has 0 saturated carbocycles. The first-order valence-corrected chi connectivity index (χ1v) is 10.9. The summed E-state index contributed by atoms with van der Waals surface area (Å²) in [6.07, 6.45) is 1.61. The lowest BCUT2D eigenvalue weighted by atomic mass is 9.95. The Kier molecular flexibility index (Phi) is 6.89. The molecule has 0 atom stereocenters. The summed E-state index contributed by atoms with van der Waals surface area (Å²) in [5.41, 5.74) is 5.14. The molecule has 0 radical (unpaired) electrons. The van der Waals surface area contributed by atoms with Gasteiger partial charge in [-0.15, -0.1) is 0 Å². The number of benzene rings is 3. The van der Waals surface area contributed by atoms with E-state index in [2.05, 4.69) is 10.3 Å². The van der Waals surface area contributed by atoms with E-state index in [0.717, 1.165) is 11.1 Å². The van der Waals surface area contributed by atoms with E-state index in [4.69, 9.17) is 26.7 Å². The number of carboxylic acids is 1. The van der Waals surface area contributed by atoms with Gasteiger partial charge < -0.3 is 10.4 Å². The molecule has 0 fully saturated rings. The number of fused-ring (bicyclic) bond motifs is 3. The van der Waals surface area contributed by atoms with E-state index < -0.39 is 5.97 Å². The Labute approximate surface area is 207 Å². The third kappa shape index (κ3) is 5.05. The molecular weight excluding hydrogens is 467 g/mol. The highest BCUT2D eigenvalue weighted by molar-refractivity contribution is 6.31. The van der Waals surface area contributed by atoms with E-state index in [1.165, 1.54) is 6.07 Å². The standard InChI is InChI=1S/C26H18ClFN4O2.CH4/c27-17-8-9-19-21(12-17)25(20-6-1-2-7-22(20)28)29-13-16-14-30-26(32-24(16)19)31-18-5-3-4-15(10-18)11-23(33)34;/h1-10,12,14H,11,13H2,(H,33,34)(H,30,31,32);1H4. The number of aliphatic imine (C=N–C) groups is 1. The number of hydrogen-bond donors (Lipinski definition) is 2. The fourth-order valence-corrected chi connectivity index (χ4v) is 4.10. The van der Waals surface area contributed by atoms with Gasteiger partial charge in [0.2, 0.25) is 5.95 Å². The second kappa shape index (κ2) is 10.0. The van der Waals surface area contributed by atoms with Crippen LogP contribution in [0.1, 0.15) is 29.7 Å². The molecule has 1 aliphatic rings. The van der Waals surface area contributed by atoms with E-state index >= 15 is 0 Å². The van der Waals surface area contributed by atoms with Crippen molar-refractivity contribution in [2.75, 3.05) is 5.32 Å². The zero-order valence-electron chi connectivity index (χ0n) is 17.8. The van der Waals surface area contributed by atoms with Gasteiger partial charge in [-0.2, -0.15) is 0 Å². The van der Waals surface area contributed by atoms with Crippen molar-refractivity contribution in [3.63, 3.8) is 0 Å². The van der Waals surface area contributed by atoms with Crippen LogP contribution in [0.4, 0.5) is 16.0 Å². The van der Waals surface area contributed by atoms with E-state index in [-0.39, 0.29) is 26.2 Å². The summed E-state index contributed by atoms with van der Waals surface area (Å²) in [5.74, 6) is -0.923. The fraction of sp³-hybridized carbons (Fsp3) is 0.111. The first-order valence-electron chi connectivity index (χ1n) is 10.5. The number of halogens is 2. The highest BCUT2D eigenvalue weighted by atomic mass is 35.5. The van der Waals surface area contributed by atoms with Crippen molar-refractivity contribution in [1.82, 2.24) is 9.97 Å². The summed E-state index contributed by atoms with van der Waals surface area (Å²) >= 11 is 6.30. The van der Waals surface area contributed by atoms with Crippen LogP contribution < -0.4 is 5.32 Å². The van der Waals surface area contributed by atoms with Crippen LogP contribution in [0.5, 0.6) is 0 Å². The monoisotopic (exact) mass is 488 g/mol. The number of carbonyl (C=O) groups is 1. The van der Waals surface area contributed by atoms with Crippen LogP contribution in [0.2, 0.25) is 5.02 Å². The Morgan fingerprint density at radius 3 is 2.66 bits per heavy atom. The third-order valence-electron chi connectivity index (χ3n) is 5.43. The van der Waals surface area contributed by atoms with E-state index in [1.807, 2.05) is 12.1 Å². The second-order valence-electron chi connectivity index (χ2n) is 7.80. The van der Waals surface area contributed by atoms with Crippen LogP contribution in [0.15, 0.2) is 77.9 Å². The second-order valence-corrected chi connectivity index (χ2v) is 8.23. The number of anilines is 2. The minimum atomic E-state index is -0.903. The summed E-state index contributed by atoms with van der Waals surface area (Å²) in [4.78, 5) is 24.9. The number of carboxylic acid groups (broad SMARTS) is 1. The molecular formula is C27H22ClFN4O2. The van der Waals surface area contributed by atoms with Gasteiger partial charge in [0.05, 0.1) is 24.4 Å². The summed E-state index contributed by atoms with van der Waals surface area (Å²) in [5, 5.41) is 12.7. The Morgan fingerprint density at radius 1 is 1.03 bits per heavy atom. The minimum absolute atomic E-state index is 0. The Morgan fingerprint density at radius 2 is 1.86 bits per heavy atom. The molecule has 8 heteroatoms. The van der Waals surface area contributed by atoms with Crippen molar-refractivity contribution in [3.8, 4) is 11.3 Å². The molecule has 1 aliphatic heterocycles. The highest BCUT2D eigenvalue weighted by Crippen LogP contribution is 2.34. The number of nitrogens with zero attached hydrogens (tertiary/aromatic N) is 3. The predicted octanol–water partition coefficient (Wildman–Crippen LogP) is 6.29. The van der Waals surface area contributed by atoms with Crippen LogP contribution in [0.25, 0.3) is 11.3 Å². The lowest BCUT2D eigenvalue weighted by molar-refractivity contribution is -0.136. The lowest BCUT2D eigenvalue weighted by Crippen LogP contribution is -2.07. The van der Waals surface area contributed by atoms with Crippen LogP contribution >= 0.6 is 11.6 Å². The van der Waals surface area contributed by atoms with Gasteiger partial charge in [0, 0.05) is 39.2 Å². The fourth-order valence-electron chi connectivity index (χ4n) is 3.93. The molecule has 3 aromatic carbocycles. The lowest BCUT2D eigenvalue weighted by Gasteiger charge is -2.13. The summed E-state index contributed by atoms with van der Waals surface area (Å²) in [7, 11) is 0. The Bertz CT molecular complexity index is 1460. The Balaban J connectivity index is 0.00000289. The molecule has 0 amide bonds. The van der Waals surface area contributed by atoms with Crippen LogP contribution in [0, 0.1) is 5.82 Å². The Hall–Kier alpha value is -4.10. The van der Waals surface area contributed by atoms with Crippen LogP contribution in [-0.4, -0.2) is 26.8 Å². The quantitative estimate of drug-likeness (QED) is 0.344. The van der Waals surface area contributed by atoms with E-state index in [1.54, 1.807) is 54.7 Å². The predicted molar refractivity (Wildman–Crippen MR) is 136 cm³/mol. The van der Waals surface area contributed by atoms with Crippen molar-refractivity contribution in [3.05, 3.63) is 106 Å². The number of nitrogens with one attached hydrogen (secondary N) is 1. The summed E-state index contributed by atoms with van der Waals surface area (Å²) < 4.78 is 14.7. The maximum absolute atomic E-state index is 14.7. The van der Waals surface area contributed by atoms with Crippen molar-refractivity contribution >= 4 is 34.9 Å². The average Bonchev–Trinajstić information content (AvgIpc) is 2.96. The molecule has 2 N–H and O–H groups in total. The number of aliphatic carboxylic acids is 1. The average molecular weight is 489 g/mol. The molecule has 0 unspecified atom stereocenters. The van der Waals surface area contributed by atoms with E-state index in [9.17, 15) is 9.18 Å². The number of hydrogen-bond acceptors (Lipinski definition) is 5. The normalized spacial score (nSPS) is 11.9.